The van der Waals surface area contributed by atoms with E-state index in [9.17, 15) is 4.79 Å². The number of hydrogen-bond acceptors (Lipinski definition) is 5. The Bertz CT molecular complexity index is 548. The van der Waals surface area contributed by atoms with Crippen molar-refractivity contribution in [3.8, 4) is 11.4 Å². The summed E-state index contributed by atoms with van der Waals surface area (Å²) in [5, 5.41) is 15.1. The molecule has 0 saturated carbocycles. The quantitative estimate of drug-likeness (QED) is 0.858. The third-order valence-corrected chi connectivity index (χ3v) is 2.45. The molecule has 0 aliphatic carbocycles. The van der Waals surface area contributed by atoms with Crippen molar-refractivity contribution >= 4 is 12.0 Å². The van der Waals surface area contributed by atoms with E-state index in [1.807, 2.05) is 31.2 Å². The van der Waals surface area contributed by atoms with Crippen LogP contribution in [0, 0.1) is 6.92 Å². The molecule has 2 rings (SSSR count). The van der Waals surface area contributed by atoms with Crippen LogP contribution >= 0.6 is 0 Å². The number of nitrogens with one attached hydrogen (secondary N) is 1. The van der Waals surface area contributed by atoms with Gasteiger partial charge < -0.3 is 14.9 Å². The Morgan fingerprint density at radius 1 is 1.39 bits per heavy atom. The van der Waals surface area contributed by atoms with Gasteiger partial charge in [-0.05, 0) is 13.8 Å². The maximum Gasteiger partial charge on any atom is 0.325 e. The molecule has 2 N–H and O–H groups in total. The van der Waals surface area contributed by atoms with Crippen molar-refractivity contribution in [1.82, 2.24) is 10.1 Å². The van der Waals surface area contributed by atoms with Gasteiger partial charge in [-0.2, -0.15) is 4.98 Å². The molecule has 2 aromatic rings. The van der Waals surface area contributed by atoms with E-state index in [0.717, 1.165) is 11.1 Å². The molecular formula is C12H13N3O3. The number of carboxylic acids is 1. The van der Waals surface area contributed by atoms with Crippen LogP contribution in [0.2, 0.25) is 0 Å². The Morgan fingerprint density at radius 2 is 2.06 bits per heavy atom. The Kier molecular flexibility index (Phi) is 3.27. The third kappa shape index (κ3) is 2.65. The number of anilines is 1. The van der Waals surface area contributed by atoms with Crippen LogP contribution in [0.15, 0.2) is 28.8 Å². The van der Waals surface area contributed by atoms with Gasteiger partial charge >= 0.3 is 12.0 Å². The fourth-order valence-electron chi connectivity index (χ4n) is 1.35. The van der Waals surface area contributed by atoms with Crippen molar-refractivity contribution in [2.75, 3.05) is 5.32 Å². The number of aryl methyl sites for hydroxylation is 1. The highest BCUT2D eigenvalue weighted by molar-refractivity contribution is 5.75. The zero-order valence-corrected chi connectivity index (χ0v) is 10.0. The molecule has 0 bridgehead atoms. The zero-order valence-electron chi connectivity index (χ0n) is 10.0. The maximum absolute atomic E-state index is 10.7. The normalized spacial score (nSPS) is 12.1. The van der Waals surface area contributed by atoms with Gasteiger partial charge in [0.2, 0.25) is 5.82 Å². The lowest BCUT2D eigenvalue weighted by molar-refractivity contribution is -0.137. The highest BCUT2D eigenvalue weighted by atomic mass is 16.5. The van der Waals surface area contributed by atoms with Gasteiger partial charge in [0.05, 0.1) is 0 Å². The highest BCUT2D eigenvalue weighted by Gasteiger charge is 2.15. The first-order valence-electron chi connectivity index (χ1n) is 5.46. The molecule has 0 spiro atoms. The van der Waals surface area contributed by atoms with Gasteiger partial charge in [0, 0.05) is 5.56 Å². The van der Waals surface area contributed by atoms with Gasteiger partial charge in [-0.25, -0.2) is 0 Å². The summed E-state index contributed by atoms with van der Waals surface area (Å²) in [6.07, 6.45) is 0. The van der Waals surface area contributed by atoms with E-state index >= 15 is 0 Å². The number of nitrogens with zero attached hydrogens (tertiary/aromatic N) is 2. The summed E-state index contributed by atoms with van der Waals surface area (Å²) < 4.78 is 4.93. The number of benzene rings is 1. The molecule has 1 heterocycles. The van der Waals surface area contributed by atoms with Crippen molar-refractivity contribution in [2.24, 2.45) is 0 Å². The summed E-state index contributed by atoms with van der Waals surface area (Å²) in [5.41, 5.74) is 1.96. The van der Waals surface area contributed by atoms with Gasteiger partial charge in [0.25, 0.3) is 0 Å². The number of hydrogen-bond donors (Lipinski definition) is 2. The smallest absolute Gasteiger partial charge is 0.325 e. The fourth-order valence-corrected chi connectivity index (χ4v) is 1.35. The third-order valence-electron chi connectivity index (χ3n) is 2.45. The molecule has 1 atom stereocenters. The largest absolute Gasteiger partial charge is 0.480 e. The van der Waals surface area contributed by atoms with E-state index in [4.69, 9.17) is 9.63 Å². The van der Waals surface area contributed by atoms with E-state index in [2.05, 4.69) is 15.5 Å². The lowest BCUT2D eigenvalue weighted by atomic mass is 10.1. The first-order chi connectivity index (χ1) is 8.56. The summed E-state index contributed by atoms with van der Waals surface area (Å²) >= 11 is 0. The molecule has 0 unspecified atom stereocenters. The lowest BCUT2D eigenvalue weighted by Gasteiger charge is -2.04. The highest BCUT2D eigenvalue weighted by Crippen LogP contribution is 2.18. The Balaban J connectivity index is 2.15. The number of rotatable bonds is 4. The predicted molar refractivity (Wildman–Crippen MR) is 65.2 cm³/mol. The van der Waals surface area contributed by atoms with E-state index in [-0.39, 0.29) is 6.01 Å². The van der Waals surface area contributed by atoms with E-state index in [1.54, 1.807) is 0 Å². The second-order valence-electron chi connectivity index (χ2n) is 3.99. The van der Waals surface area contributed by atoms with Gasteiger partial charge in [0.1, 0.15) is 6.04 Å². The van der Waals surface area contributed by atoms with E-state index in [1.165, 1.54) is 6.92 Å². The van der Waals surface area contributed by atoms with Crippen molar-refractivity contribution < 1.29 is 14.4 Å². The van der Waals surface area contributed by atoms with E-state index in [0.29, 0.717) is 5.82 Å². The minimum atomic E-state index is -0.981. The lowest BCUT2D eigenvalue weighted by Crippen LogP contribution is -2.25. The number of aliphatic carboxylic acids is 1. The molecule has 1 aromatic carbocycles. The molecule has 0 fully saturated rings. The van der Waals surface area contributed by atoms with Gasteiger partial charge in [0.15, 0.2) is 0 Å². The molecular weight excluding hydrogens is 234 g/mol. The summed E-state index contributed by atoms with van der Waals surface area (Å²) in [7, 11) is 0. The van der Waals surface area contributed by atoms with Crippen molar-refractivity contribution in [2.45, 2.75) is 19.9 Å². The van der Waals surface area contributed by atoms with Crippen LogP contribution in [-0.2, 0) is 4.79 Å². The Labute approximate surface area is 104 Å². The van der Waals surface area contributed by atoms with Crippen LogP contribution in [0.5, 0.6) is 0 Å². The number of carboxylic acid groups (broad SMARTS) is 1. The summed E-state index contributed by atoms with van der Waals surface area (Å²) in [6.45, 7) is 3.49. The van der Waals surface area contributed by atoms with Crippen LogP contribution in [0.3, 0.4) is 0 Å². The van der Waals surface area contributed by atoms with Crippen molar-refractivity contribution in [3.63, 3.8) is 0 Å². The van der Waals surface area contributed by atoms with Gasteiger partial charge in [-0.15, -0.1) is 0 Å². The summed E-state index contributed by atoms with van der Waals surface area (Å²) in [4.78, 5) is 14.7. The average Bonchev–Trinajstić information content (AvgIpc) is 2.78. The minimum Gasteiger partial charge on any atom is -0.480 e. The molecule has 0 aliphatic rings. The molecule has 94 valence electrons. The average molecular weight is 247 g/mol. The predicted octanol–water partition coefficient (Wildman–Crippen LogP) is 1.93. The number of aromatic nitrogens is 2. The van der Waals surface area contributed by atoms with Crippen LogP contribution < -0.4 is 5.32 Å². The molecule has 1 aromatic heterocycles. The van der Waals surface area contributed by atoms with E-state index < -0.39 is 12.0 Å². The molecule has 18 heavy (non-hydrogen) atoms. The monoisotopic (exact) mass is 247 g/mol. The van der Waals surface area contributed by atoms with Crippen LogP contribution in [0.25, 0.3) is 11.4 Å². The second-order valence-corrected chi connectivity index (χ2v) is 3.99. The Morgan fingerprint density at radius 3 is 2.67 bits per heavy atom. The minimum absolute atomic E-state index is 0.0977. The Hall–Kier alpha value is -2.37. The van der Waals surface area contributed by atoms with Crippen LogP contribution in [0.4, 0.5) is 6.01 Å². The number of carbonyl (C=O) groups is 1. The summed E-state index contributed by atoms with van der Waals surface area (Å²) in [5.74, 6) is -0.555. The van der Waals surface area contributed by atoms with Gasteiger partial charge in [-0.3, -0.25) is 4.79 Å². The topological polar surface area (TPSA) is 88.2 Å². The summed E-state index contributed by atoms with van der Waals surface area (Å²) in [6, 6.07) is 6.96. The first-order valence-corrected chi connectivity index (χ1v) is 5.46. The first kappa shape index (κ1) is 12.1. The second kappa shape index (κ2) is 4.87. The molecule has 6 nitrogen and oxygen atoms in total. The van der Waals surface area contributed by atoms with Crippen molar-refractivity contribution in [3.05, 3.63) is 29.8 Å². The van der Waals surface area contributed by atoms with Crippen molar-refractivity contribution in [1.29, 1.82) is 0 Å². The van der Waals surface area contributed by atoms with Crippen LogP contribution in [0.1, 0.15) is 12.5 Å². The SMILES string of the molecule is Cc1ccc(-c2noc(N[C@H](C)C(=O)O)n2)cc1. The van der Waals surface area contributed by atoms with Gasteiger partial charge in [-0.1, -0.05) is 35.0 Å². The maximum atomic E-state index is 10.7. The molecule has 0 radical (unpaired) electrons. The van der Waals surface area contributed by atoms with Crippen LogP contribution in [-0.4, -0.2) is 27.3 Å². The fraction of sp³-hybridized carbons (Fsp3) is 0.250. The molecule has 0 saturated heterocycles. The molecule has 0 aliphatic heterocycles. The molecule has 0 amide bonds. The molecule has 6 heteroatoms. The standard InChI is InChI=1S/C12H13N3O3/c1-7-3-5-9(6-4-7)10-14-12(18-15-10)13-8(2)11(16)17/h3-6,8H,1-2H3,(H,16,17)(H,13,14,15)/t8-/m1/s1. The zero-order chi connectivity index (χ0) is 13.1.